The highest BCUT2D eigenvalue weighted by Crippen LogP contribution is 2.50. The van der Waals surface area contributed by atoms with Crippen LogP contribution >= 0.6 is 24.6 Å². The molecule has 8 heteroatoms. The number of carbonyl (C=O) groups excluding carboxylic acids is 3. The van der Waals surface area contributed by atoms with E-state index in [2.05, 4.69) is 12.6 Å². The molecule has 20 heavy (non-hydrogen) atoms. The van der Waals surface area contributed by atoms with Crippen molar-refractivity contribution in [3.8, 4) is 0 Å². The third kappa shape index (κ3) is 2.19. The second kappa shape index (κ2) is 5.50. The fraction of sp³-hybridized carbons (Fsp3) is 0.667. The molecule has 1 spiro atoms. The second-order valence-corrected chi connectivity index (χ2v) is 6.82. The van der Waals surface area contributed by atoms with Gasteiger partial charge in [-0.15, -0.1) is 3.89 Å². The molecule has 0 aromatic heterocycles. The number of piperidine rings is 1. The zero-order valence-electron chi connectivity index (χ0n) is 10.9. The normalized spacial score (nSPS) is 37.1. The summed E-state index contributed by atoms with van der Waals surface area (Å²) < 4.78 is -0.554. The van der Waals surface area contributed by atoms with Crippen molar-refractivity contribution in [2.24, 2.45) is 11.8 Å². The van der Waals surface area contributed by atoms with Crippen LogP contribution in [0.1, 0.15) is 26.2 Å². The molecule has 4 atom stereocenters. The second-order valence-electron chi connectivity index (χ2n) is 5.21. The standard InChI is InChI=1S/C12H15NO5S2/c1-6-4-9(14)13(8(2-3-19)12(18)20-13)11(17)7(6)5-10(15)16/h6-8H,2-5H2,1H3,(H-,15,16,19)/p+1/t6?,7?,8-,13?/m0/s1. The van der Waals surface area contributed by atoms with Gasteiger partial charge in [-0.25, -0.2) is 9.59 Å². The molecular weight excluding hydrogens is 302 g/mol. The van der Waals surface area contributed by atoms with E-state index >= 15 is 0 Å². The Hall–Kier alpha value is -0.860. The van der Waals surface area contributed by atoms with Crippen molar-refractivity contribution in [1.82, 2.24) is 0 Å². The number of hydrogen-bond acceptors (Lipinski definition) is 6. The first-order valence-electron chi connectivity index (χ1n) is 6.37. The van der Waals surface area contributed by atoms with E-state index in [1.54, 1.807) is 6.92 Å². The molecule has 110 valence electrons. The van der Waals surface area contributed by atoms with E-state index in [4.69, 9.17) is 5.11 Å². The number of rotatable bonds is 4. The van der Waals surface area contributed by atoms with E-state index in [0.717, 1.165) is 11.9 Å². The first kappa shape index (κ1) is 15.5. The molecule has 0 aliphatic carbocycles. The van der Waals surface area contributed by atoms with Crippen molar-refractivity contribution >= 4 is 47.5 Å². The molecular formula is C12H16NO5S2+. The molecule has 2 heterocycles. The summed E-state index contributed by atoms with van der Waals surface area (Å²) in [4.78, 5) is 47.5. The minimum Gasteiger partial charge on any atom is -0.481 e. The number of imide groups is 1. The van der Waals surface area contributed by atoms with Crippen molar-refractivity contribution in [2.45, 2.75) is 32.2 Å². The largest absolute Gasteiger partial charge is 0.481 e. The molecule has 6 nitrogen and oxygen atoms in total. The quantitative estimate of drug-likeness (QED) is 0.346. The van der Waals surface area contributed by atoms with Crippen LogP contribution in [0.25, 0.3) is 0 Å². The van der Waals surface area contributed by atoms with E-state index in [1.807, 2.05) is 0 Å². The van der Waals surface area contributed by atoms with Crippen LogP contribution in [0.5, 0.6) is 0 Å². The molecule has 2 rings (SSSR count). The summed E-state index contributed by atoms with van der Waals surface area (Å²) in [7, 11) is 0. The number of thiol groups is 1. The van der Waals surface area contributed by atoms with Crippen molar-refractivity contribution in [2.75, 3.05) is 5.75 Å². The minimum absolute atomic E-state index is 0.132. The smallest absolute Gasteiger partial charge is 0.337 e. The Morgan fingerprint density at radius 2 is 2.10 bits per heavy atom. The van der Waals surface area contributed by atoms with Gasteiger partial charge in [0.2, 0.25) is 0 Å². The number of carbonyl (C=O) groups is 4. The molecule has 3 unspecified atom stereocenters. The third-order valence-corrected chi connectivity index (χ3v) is 5.58. The van der Waals surface area contributed by atoms with Gasteiger partial charge in [0.25, 0.3) is 0 Å². The number of carboxylic acids is 1. The van der Waals surface area contributed by atoms with Gasteiger partial charge in [0.1, 0.15) is 0 Å². The van der Waals surface area contributed by atoms with Crippen molar-refractivity contribution in [1.29, 1.82) is 0 Å². The Bertz CT molecular complexity index is 494. The van der Waals surface area contributed by atoms with Gasteiger partial charge in [0, 0.05) is 6.42 Å². The zero-order valence-corrected chi connectivity index (χ0v) is 12.7. The monoisotopic (exact) mass is 318 g/mol. The van der Waals surface area contributed by atoms with Crippen LogP contribution < -0.4 is 0 Å². The molecule has 0 aromatic carbocycles. The lowest BCUT2D eigenvalue weighted by Gasteiger charge is -2.47. The summed E-state index contributed by atoms with van der Waals surface area (Å²) in [6.07, 6.45) is 0.184. The lowest BCUT2D eigenvalue weighted by atomic mass is 9.82. The molecule has 0 aromatic rings. The lowest BCUT2D eigenvalue weighted by Crippen LogP contribution is -2.72. The maximum atomic E-state index is 12.6. The third-order valence-electron chi connectivity index (χ3n) is 3.94. The summed E-state index contributed by atoms with van der Waals surface area (Å²) in [5.74, 6) is -2.41. The van der Waals surface area contributed by atoms with Gasteiger partial charge < -0.3 is 5.11 Å². The predicted octanol–water partition coefficient (Wildman–Crippen LogP) is 0.864. The van der Waals surface area contributed by atoms with E-state index in [0.29, 0.717) is 12.2 Å². The molecule has 2 aliphatic heterocycles. The fourth-order valence-electron chi connectivity index (χ4n) is 2.85. The number of nitrogens with zero attached hydrogens (tertiary/aromatic N) is 1. The maximum absolute atomic E-state index is 12.6. The number of hydrogen-bond donors (Lipinski definition) is 2. The topological polar surface area (TPSA) is 88.5 Å². The SMILES string of the molecule is CC1CC(=O)[N+]2(SC(=O)[C@@H]2CCS)C(=O)C1CC(=O)O. The molecule has 0 bridgehead atoms. The number of carboxylic acid groups (broad SMARTS) is 1. The number of aliphatic carboxylic acids is 1. The Kier molecular flexibility index (Phi) is 4.27. The van der Waals surface area contributed by atoms with Crippen LogP contribution in [0.2, 0.25) is 0 Å². The zero-order chi connectivity index (χ0) is 15.1. The van der Waals surface area contributed by atoms with Gasteiger partial charge in [-0.2, -0.15) is 12.6 Å². The van der Waals surface area contributed by atoms with Gasteiger partial charge in [0.05, 0.1) is 18.8 Å². The van der Waals surface area contributed by atoms with Gasteiger partial charge in [-0.1, -0.05) is 6.92 Å². The van der Waals surface area contributed by atoms with Gasteiger partial charge in [-0.05, 0) is 11.7 Å². The van der Waals surface area contributed by atoms with Crippen molar-refractivity contribution in [3.05, 3.63) is 0 Å². The van der Waals surface area contributed by atoms with Crippen molar-refractivity contribution < 1.29 is 28.2 Å². The highest BCUT2D eigenvalue weighted by molar-refractivity contribution is 8.11. The van der Waals surface area contributed by atoms with Crippen LogP contribution in [0.3, 0.4) is 0 Å². The summed E-state index contributed by atoms with van der Waals surface area (Å²) >= 11 is 4.78. The van der Waals surface area contributed by atoms with Gasteiger partial charge in [-0.3, -0.25) is 9.59 Å². The highest BCUT2D eigenvalue weighted by Gasteiger charge is 2.70. The van der Waals surface area contributed by atoms with E-state index < -0.39 is 27.7 Å². The first-order valence-corrected chi connectivity index (χ1v) is 7.77. The predicted molar refractivity (Wildman–Crippen MR) is 74.7 cm³/mol. The Balaban J connectivity index is 2.32. The summed E-state index contributed by atoms with van der Waals surface area (Å²) in [5, 5.41) is 8.73. The molecule has 0 saturated carbocycles. The van der Waals surface area contributed by atoms with Crippen LogP contribution in [-0.2, 0) is 19.2 Å². The van der Waals surface area contributed by atoms with Crippen LogP contribution in [-0.4, -0.2) is 43.7 Å². The highest BCUT2D eigenvalue weighted by atomic mass is 32.2. The molecule has 2 saturated heterocycles. The van der Waals surface area contributed by atoms with Crippen LogP contribution in [0, 0.1) is 11.8 Å². The fourth-order valence-corrected chi connectivity index (χ4v) is 4.35. The van der Waals surface area contributed by atoms with Crippen LogP contribution in [0.15, 0.2) is 0 Å². The average Bonchev–Trinajstić information content (AvgIpc) is 2.36. The van der Waals surface area contributed by atoms with Gasteiger partial charge in [0.15, 0.2) is 18.0 Å². The van der Waals surface area contributed by atoms with Crippen molar-refractivity contribution in [3.63, 3.8) is 0 Å². The maximum Gasteiger partial charge on any atom is 0.337 e. The lowest BCUT2D eigenvalue weighted by molar-refractivity contribution is -0.675. The molecule has 2 amide bonds. The Morgan fingerprint density at radius 1 is 1.45 bits per heavy atom. The minimum atomic E-state index is -1.06. The summed E-state index contributed by atoms with van der Waals surface area (Å²) in [5.41, 5.74) is 0. The average molecular weight is 318 g/mol. The van der Waals surface area contributed by atoms with Crippen LogP contribution in [0.4, 0.5) is 0 Å². The number of amides is 2. The molecule has 0 radical (unpaired) electrons. The van der Waals surface area contributed by atoms with Gasteiger partial charge >= 0.3 is 22.9 Å². The van der Waals surface area contributed by atoms with E-state index in [-0.39, 0.29) is 29.8 Å². The first-order chi connectivity index (χ1) is 9.34. The number of quaternary nitrogens is 1. The Labute approximate surface area is 126 Å². The molecule has 2 aliphatic rings. The van der Waals surface area contributed by atoms with E-state index in [1.165, 1.54) is 0 Å². The summed E-state index contributed by atoms with van der Waals surface area (Å²) in [6.45, 7) is 1.71. The summed E-state index contributed by atoms with van der Waals surface area (Å²) in [6, 6.07) is -0.693. The van der Waals surface area contributed by atoms with E-state index in [9.17, 15) is 19.2 Å². The Morgan fingerprint density at radius 3 is 2.60 bits per heavy atom. The molecule has 2 fully saturated rings. The molecule has 1 N–H and O–H groups in total.